The Labute approximate surface area is 133 Å². The van der Waals surface area contributed by atoms with E-state index in [1.165, 1.54) is 5.56 Å². The van der Waals surface area contributed by atoms with Crippen molar-refractivity contribution in [2.24, 2.45) is 0 Å². The maximum atomic E-state index is 12.0. The van der Waals surface area contributed by atoms with Crippen molar-refractivity contribution >= 4 is 17.7 Å². The van der Waals surface area contributed by atoms with Crippen LogP contribution in [-0.2, 0) is 11.3 Å². The zero-order valence-corrected chi connectivity index (χ0v) is 14.6. The van der Waals surface area contributed by atoms with Crippen molar-refractivity contribution in [3.8, 4) is 0 Å². The van der Waals surface area contributed by atoms with Crippen LogP contribution in [0, 0.1) is 0 Å². The van der Waals surface area contributed by atoms with Crippen LogP contribution >= 0.6 is 11.8 Å². The number of nitrogens with one attached hydrogen (secondary N) is 2. The predicted molar refractivity (Wildman–Crippen MR) is 91.6 cm³/mol. The first-order valence-corrected chi connectivity index (χ1v) is 8.59. The molecule has 1 amide bonds. The van der Waals surface area contributed by atoms with Gasteiger partial charge in [-0.3, -0.25) is 4.79 Å². The molecule has 0 radical (unpaired) electrons. The Morgan fingerprint density at radius 1 is 1.14 bits per heavy atom. The lowest BCUT2D eigenvalue weighted by molar-refractivity contribution is -0.120. The second kappa shape index (κ2) is 9.11. The summed E-state index contributed by atoms with van der Waals surface area (Å²) in [6.45, 7) is 11.2. The normalized spacial score (nSPS) is 14.0. The van der Waals surface area contributed by atoms with E-state index in [1.807, 2.05) is 13.8 Å². The molecule has 2 unspecified atom stereocenters. The molecule has 0 aliphatic carbocycles. The number of carbonyl (C=O) groups excluding carboxylic acids is 1. The van der Waals surface area contributed by atoms with Gasteiger partial charge in [0, 0.05) is 23.5 Å². The van der Waals surface area contributed by atoms with Crippen molar-refractivity contribution in [2.75, 3.05) is 0 Å². The second-order valence-corrected chi connectivity index (χ2v) is 7.17. The van der Waals surface area contributed by atoms with Crippen molar-refractivity contribution in [3.63, 3.8) is 0 Å². The van der Waals surface area contributed by atoms with Crippen molar-refractivity contribution < 1.29 is 4.79 Å². The Balaban J connectivity index is 2.49. The lowest BCUT2D eigenvalue weighted by atomic mass is 10.2. The molecule has 0 aliphatic heterocycles. The number of amides is 1. The van der Waals surface area contributed by atoms with E-state index in [1.54, 1.807) is 11.8 Å². The minimum atomic E-state index is -0.0707. The summed E-state index contributed by atoms with van der Waals surface area (Å²) in [4.78, 5) is 13.2. The first-order valence-electron chi connectivity index (χ1n) is 7.71. The molecule has 0 saturated heterocycles. The van der Waals surface area contributed by atoms with E-state index < -0.39 is 0 Å². The molecule has 0 saturated carbocycles. The Bertz CT molecular complexity index is 431. The Morgan fingerprint density at radius 3 is 2.29 bits per heavy atom. The summed E-state index contributed by atoms with van der Waals surface area (Å²) in [6.07, 6.45) is 0.959. The molecule has 118 valence electrons. The van der Waals surface area contributed by atoms with Crippen LogP contribution < -0.4 is 10.6 Å². The van der Waals surface area contributed by atoms with Crippen LogP contribution in [0.1, 0.15) is 46.6 Å². The predicted octanol–water partition coefficient (Wildman–Crippen LogP) is 3.58. The maximum Gasteiger partial charge on any atom is 0.233 e. The fourth-order valence-electron chi connectivity index (χ4n) is 1.73. The molecule has 2 N–H and O–H groups in total. The van der Waals surface area contributed by atoms with E-state index in [2.05, 4.69) is 55.7 Å². The van der Waals surface area contributed by atoms with Gasteiger partial charge in [-0.25, -0.2) is 0 Å². The second-order valence-electron chi connectivity index (χ2n) is 5.76. The molecule has 0 spiro atoms. The smallest absolute Gasteiger partial charge is 0.233 e. The molecule has 1 rings (SSSR count). The van der Waals surface area contributed by atoms with Crippen LogP contribution in [0.15, 0.2) is 29.2 Å². The number of hydrogen-bond acceptors (Lipinski definition) is 3. The van der Waals surface area contributed by atoms with Gasteiger partial charge in [0.2, 0.25) is 5.91 Å². The minimum Gasteiger partial charge on any atom is -0.353 e. The van der Waals surface area contributed by atoms with Crippen LogP contribution in [0.5, 0.6) is 0 Å². The largest absolute Gasteiger partial charge is 0.353 e. The van der Waals surface area contributed by atoms with Gasteiger partial charge in [-0.1, -0.05) is 32.9 Å². The quantitative estimate of drug-likeness (QED) is 0.721. The Morgan fingerprint density at radius 2 is 1.76 bits per heavy atom. The van der Waals surface area contributed by atoms with Gasteiger partial charge >= 0.3 is 0 Å². The van der Waals surface area contributed by atoms with Gasteiger partial charge in [0.05, 0.1) is 5.25 Å². The topological polar surface area (TPSA) is 41.1 Å². The van der Waals surface area contributed by atoms with Crippen LogP contribution in [0.25, 0.3) is 0 Å². The van der Waals surface area contributed by atoms with Crippen LogP contribution in [0.4, 0.5) is 0 Å². The maximum absolute atomic E-state index is 12.0. The standard InChI is InChI=1S/C17H28N2OS/c1-6-13(4)19-17(20)14(5)21-16-9-7-15(8-10-16)11-18-12(2)3/h7-10,12-14,18H,6,11H2,1-5H3,(H,19,20). The molecule has 0 bridgehead atoms. The van der Waals surface area contributed by atoms with Gasteiger partial charge in [0.1, 0.15) is 0 Å². The van der Waals surface area contributed by atoms with Gasteiger partial charge in [-0.15, -0.1) is 11.8 Å². The highest BCUT2D eigenvalue weighted by Crippen LogP contribution is 2.23. The molecule has 21 heavy (non-hydrogen) atoms. The van der Waals surface area contributed by atoms with Crippen LogP contribution in [0.3, 0.4) is 0 Å². The zero-order valence-electron chi connectivity index (χ0n) is 13.8. The summed E-state index contributed by atoms with van der Waals surface area (Å²) < 4.78 is 0. The molecule has 0 fully saturated rings. The fraction of sp³-hybridized carbons (Fsp3) is 0.588. The third-order valence-corrected chi connectivity index (χ3v) is 4.43. The highest BCUT2D eigenvalue weighted by molar-refractivity contribution is 8.00. The summed E-state index contributed by atoms with van der Waals surface area (Å²) in [5.74, 6) is 0.111. The first-order chi connectivity index (χ1) is 9.92. The Kier molecular flexibility index (Phi) is 7.83. The van der Waals surface area contributed by atoms with E-state index >= 15 is 0 Å². The van der Waals surface area contributed by atoms with Crippen molar-refractivity contribution in [1.82, 2.24) is 10.6 Å². The summed E-state index contributed by atoms with van der Waals surface area (Å²) in [5.41, 5.74) is 1.27. The molecule has 1 aromatic carbocycles. The minimum absolute atomic E-state index is 0.0707. The average Bonchev–Trinajstić information content (AvgIpc) is 2.46. The molecule has 0 heterocycles. The molecular weight excluding hydrogens is 280 g/mol. The Hall–Kier alpha value is -1.00. The SMILES string of the molecule is CCC(C)NC(=O)C(C)Sc1ccc(CNC(C)C)cc1. The number of benzene rings is 1. The molecule has 0 aliphatic rings. The molecular formula is C17H28N2OS. The monoisotopic (exact) mass is 308 g/mol. The first kappa shape index (κ1) is 18.1. The van der Waals surface area contributed by atoms with E-state index in [0.717, 1.165) is 17.9 Å². The summed E-state index contributed by atoms with van der Waals surface area (Å²) >= 11 is 1.60. The summed E-state index contributed by atoms with van der Waals surface area (Å²) in [7, 11) is 0. The van der Waals surface area contributed by atoms with E-state index in [9.17, 15) is 4.79 Å². The fourth-order valence-corrected chi connectivity index (χ4v) is 2.60. The van der Waals surface area contributed by atoms with Gasteiger partial charge in [0.25, 0.3) is 0 Å². The molecule has 0 aromatic heterocycles. The molecule has 3 nitrogen and oxygen atoms in total. The van der Waals surface area contributed by atoms with E-state index in [4.69, 9.17) is 0 Å². The number of carbonyl (C=O) groups is 1. The van der Waals surface area contributed by atoms with Crippen molar-refractivity contribution in [2.45, 2.75) is 69.8 Å². The number of rotatable bonds is 8. The van der Waals surface area contributed by atoms with E-state index in [0.29, 0.717) is 6.04 Å². The van der Waals surface area contributed by atoms with Gasteiger partial charge in [0.15, 0.2) is 0 Å². The van der Waals surface area contributed by atoms with Gasteiger partial charge in [-0.05, 0) is 38.0 Å². The molecule has 4 heteroatoms. The lowest BCUT2D eigenvalue weighted by Crippen LogP contribution is -2.37. The van der Waals surface area contributed by atoms with Gasteiger partial charge in [-0.2, -0.15) is 0 Å². The van der Waals surface area contributed by atoms with Crippen LogP contribution in [-0.4, -0.2) is 23.2 Å². The summed E-state index contributed by atoms with van der Waals surface area (Å²) in [6, 6.07) is 9.16. The highest BCUT2D eigenvalue weighted by atomic mass is 32.2. The lowest BCUT2D eigenvalue weighted by Gasteiger charge is -2.16. The van der Waals surface area contributed by atoms with Crippen LogP contribution in [0.2, 0.25) is 0 Å². The van der Waals surface area contributed by atoms with Crippen molar-refractivity contribution in [1.29, 1.82) is 0 Å². The molecule has 1 aromatic rings. The number of hydrogen-bond donors (Lipinski definition) is 2. The average molecular weight is 308 g/mol. The number of thioether (sulfide) groups is 1. The van der Waals surface area contributed by atoms with E-state index in [-0.39, 0.29) is 17.2 Å². The summed E-state index contributed by atoms with van der Waals surface area (Å²) in [5, 5.41) is 6.35. The third-order valence-electron chi connectivity index (χ3n) is 3.32. The zero-order chi connectivity index (χ0) is 15.8. The van der Waals surface area contributed by atoms with Crippen molar-refractivity contribution in [3.05, 3.63) is 29.8 Å². The van der Waals surface area contributed by atoms with Gasteiger partial charge < -0.3 is 10.6 Å². The third kappa shape index (κ3) is 7.00. The molecule has 2 atom stereocenters. The highest BCUT2D eigenvalue weighted by Gasteiger charge is 2.15.